The van der Waals surface area contributed by atoms with Crippen molar-refractivity contribution in [1.29, 1.82) is 0 Å². The van der Waals surface area contributed by atoms with Gasteiger partial charge in [0.25, 0.3) is 5.91 Å². The normalized spacial score (nSPS) is 10.4. The maximum atomic E-state index is 11.9. The van der Waals surface area contributed by atoms with E-state index in [4.69, 9.17) is 0 Å². The van der Waals surface area contributed by atoms with Crippen LogP contribution in [0.2, 0.25) is 0 Å². The van der Waals surface area contributed by atoms with E-state index in [1.807, 2.05) is 19.9 Å². The van der Waals surface area contributed by atoms with Crippen molar-refractivity contribution in [2.75, 3.05) is 5.32 Å². The number of carbonyl (C=O) groups excluding carboxylic acids is 1. The monoisotopic (exact) mass is 199 g/mol. The van der Waals surface area contributed by atoms with E-state index in [1.54, 1.807) is 12.1 Å². The molecule has 0 aromatic heterocycles. The van der Waals surface area contributed by atoms with Crippen molar-refractivity contribution in [2.45, 2.75) is 20.3 Å². The highest BCUT2D eigenvalue weighted by Gasteiger charge is 2.14. The summed E-state index contributed by atoms with van der Waals surface area (Å²) in [5, 5.41) is 2.13. The lowest BCUT2D eigenvalue weighted by Crippen LogP contribution is -2.20. The van der Waals surface area contributed by atoms with Gasteiger partial charge in [0.05, 0.1) is 0 Å². The number of amides is 1. The number of alkyl halides is 2. The van der Waals surface area contributed by atoms with Crippen LogP contribution in [0.4, 0.5) is 14.5 Å². The summed E-state index contributed by atoms with van der Waals surface area (Å²) in [6, 6.07) is 5.19. The zero-order valence-corrected chi connectivity index (χ0v) is 7.97. The number of aryl methyl sites for hydroxylation is 2. The van der Waals surface area contributed by atoms with Crippen LogP contribution in [0.5, 0.6) is 0 Å². The molecule has 4 heteroatoms. The van der Waals surface area contributed by atoms with Gasteiger partial charge in [-0.3, -0.25) is 4.79 Å². The second-order valence-corrected chi connectivity index (χ2v) is 3.17. The predicted molar refractivity (Wildman–Crippen MR) is 50.5 cm³/mol. The molecule has 14 heavy (non-hydrogen) atoms. The Bertz CT molecular complexity index is 330. The van der Waals surface area contributed by atoms with Crippen molar-refractivity contribution in [3.63, 3.8) is 0 Å². The number of carbonyl (C=O) groups is 1. The summed E-state index contributed by atoms with van der Waals surface area (Å²) in [7, 11) is 0. The molecule has 0 aliphatic carbocycles. The van der Waals surface area contributed by atoms with Crippen molar-refractivity contribution in [3.8, 4) is 0 Å². The van der Waals surface area contributed by atoms with Crippen LogP contribution >= 0.6 is 0 Å². The molecule has 0 unspecified atom stereocenters. The van der Waals surface area contributed by atoms with Gasteiger partial charge in [0, 0.05) is 5.69 Å². The molecule has 0 aliphatic rings. The SMILES string of the molecule is Cc1cc(C)cc(NC(=O)C(F)F)c1. The van der Waals surface area contributed by atoms with Gasteiger partial charge < -0.3 is 5.32 Å². The fraction of sp³-hybridized carbons (Fsp3) is 0.300. The van der Waals surface area contributed by atoms with Gasteiger partial charge in [0.2, 0.25) is 0 Å². The number of anilines is 1. The van der Waals surface area contributed by atoms with Gasteiger partial charge in [-0.1, -0.05) is 6.07 Å². The molecule has 0 spiro atoms. The quantitative estimate of drug-likeness (QED) is 0.779. The van der Waals surface area contributed by atoms with E-state index in [-0.39, 0.29) is 0 Å². The number of halogens is 2. The van der Waals surface area contributed by atoms with Gasteiger partial charge in [-0.25, -0.2) is 0 Å². The Labute approximate surface area is 80.9 Å². The lowest BCUT2D eigenvalue weighted by molar-refractivity contribution is -0.126. The van der Waals surface area contributed by atoms with E-state index in [1.165, 1.54) is 0 Å². The molecule has 0 atom stereocenters. The van der Waals surface area contributed by atoms with E-state index < -0.39 is 12.3 Å². The van der Waals surface area contributed by atoms with Crippen LogP contribution < -0.4 is 5.32 Å². The zero-order valence-electron chi connectivity index (χ0n) is 7.97. The summed E-state index contributed by atoms with van der Waals surface area (Å²) in [4.78, 5) is 10.7. The topological polar surface area (TPSA) is 29.1 Å². The minimum Gasteiger partial charge on any atom is -0.321 e. The van der Waals surface area contributed by atoms with E-state index >= 15 is 0 Å². The van der Waals surface area contributed by atoms with Crippen molar-refractivity contribution in [1.82, 2.24) is 0 Å². The Hall–Kier alpha value is -1.45. The molecule has 0 saturated heterocycles. The van der Waals surface area contributed by atoms with E-state index in [0.717, 1.165) is 11.1 Å². The highest BCUT2D eigenvalue weighted by molar-refractivity contribution is 5.93. The van der Waals surface area contributed by atoms with Crippen LogP contribution in [-0.4, -0.2) is 12.3 Å². The van der Waals surface area contributed by atoms with Gasteiger partial charge in [0.1, 0.15) is 0 Å². The average Bonchev–Trinajstić information content (AvgIpc) is 2.01. The maximum absolute atomic E-state index is 11.9. The number of nitrogens with one attached hydrogen (secondary N) is 1. The fourth-order valence-corrected chi connectivity index (χ4v) is 1.24. The Balaban J connectivity index is 2.82. The Kier molecular flexibility index (Phi) is 3.17. The van der Waals surface area contributed by atoms with Gasteiger partial charge in [-0.05, 0) is 37.1 Å². The van der Waals surface area contributed by atoms with E-state index in [9.17, 15) is 13.6 Å². The van der Waals surface area contributed by atoms with Gasteiger partial charge in [-0.2, -0.15) is 8.78 Å². The molecule has 1 aromatic rings. The second-order valence-electron chi connectivity index (χ2n) is 3.17. The molecule has 1 rings (SSSR count). The van der Waals surface area contributed by atoms with Crippen molar-refractivity contribution < 1.29 is 13.6 Å². The summed E-state index contributed by atoms with van der Waals surface area (Å²) < 4.78 is 23.8. The summed E-state index contributed by atoms with van der Waals surface area (Å²) in [5.41, 5.74) is 2.26. The molecule has 0 heterocycles. The van der Waals surface area contributed by atoms with Gasteiger partial charge in [0.15, 0.2) is 0 Å². The minimum atomic E-state index is -2.98. The summed E-state index contributed by atoms with van der Waals surface area (Å²) in [5.74, 6) is -1.27. The summed E-state index contributed by atoms with van der Waals surface area (Å²) in [6.45, 7) is 3.68. The van der Waals surface area contributed by atoms with Crippen LogP contribution in [0, 0.1) is 13.8 Å². The zero-order chi connectivity index (χ0) is 10.7. The molecule has 0 saturated carbocycles. The first kappa shape index (κ1) is 10.6. The molecular weight excluding hydrogens is 188 g/mol. The second kappa shape index (κ2) is 4.17. The molecule has 2 nitrogen and oxygen atoms in total. The maximum Gasteiger partial charge on any atom is 0.315 e. The van der Waals surface area contributed by atoms with Crippen LogP contribution in [0.15, 0.2) is 18.2 Å². The Morgan fingerprint density at radius 3 is 2.14 bits per heavy atom. The van der Waals surface area contributed by atoms with Crippen molar-refractivity contribution >= 4 is 11.6 Å². The number of hydrogen-bond acceptors (Lipinski definition) is 1. The van der Waals surface area contributed by atoms with Crippen molar-refractivity contribution in [3.05, 3.63) is 29.3 Å². The Morgan fingerprint density at radius 1 is 1.21 bits per heavy atom. The van der Waals surface area contributed by atoms with E-state index in [2.05, 4.69) is 5.32 Å². The van der Waals surface area contributed by atoms with Crippen LogP contribution in [0.1, 0.15) is 11.1 Å². The molecular formula is C10H11F2NO. The van der Waals surface area contributed by atoms with E-state index in [0.29, 0.717) is 5.69 Å². The molecule has 0 radical (unpaired) electrons. The molecule has 1 aromatic carbocycles. The van der Waals surface area contributed by atoms with Crippen LogP contribution in [-0.2, 0) is 4.79 Å². The highest BCUT2D eigenvalue weighted by Crippen LogP contribution is 2.14. The van der Waals surface area contributed by atoms with Gasteiger partial charge >= 0.3 is 6.43 Å². The fourth-order valence-electron chi connectivity index (χ4n) is 1.24. The molecule has 0 fully saturated rings. The third-order valence-electron chi connectivity index (χ3n) is 1.69. The average molecular weight is 199 g/mol. The van der Waals surface area contributed by atoms with Gasteiger partial charge in [-0.15, -0.1) is 0 Å². The molecule has 0 bridgehead atoms. The number of rotatable bonds is 2. The molecule has 1 amide bonds. The smallest absolute Gasteiger partial charge is 0.315 e. The van der Waals surface area contributed by atoms with Crippen LogP contribution in [0.25, 0.3) is 0 Å². The molecule has 1 N–H and O–H groups in total. The number of benzene rings is 1. The van der Waals surface area contributed by atoms with Crippen LogP contribution in [0.3, 0.4) is 0 Å². The standard InChI is InChI=1S/C10H11F2NO/c1-6-3-7(2)5-8(4-6)13-10(14)9(11)12/h3-5,9H,1-2H3,(H,13,14). The lowest BCUT2D eigenvalue weighted by atomic mass is 10.1. The number of hydrogen-bond donors (Lipinski definition) is 1. The highest BCUT2D eigenvalue weighted by atomic mass is 19.3. The third-order valence-corrected chi connectivity index (χ3v) is 1.69. The Morgan fingerprint density at radius 2 is 1.71 bits per heavy atom. The van der Waals surface area contributed by atoms with Crippen molar-refractivity contribution in [2.24, 2.45) is 0 Å². The largest absolute Gasteiger partial charge is 0.321 e. The third kappa shape index (κ3) is 2.80. The first-order chi connectivity index (χ1) is 6.49. The lowest BCUT2D eigenvalue weighted by Gasteiger charge is -2.06. The predicted octanol–water partition coefficient (Wildman–Crippen LogP) is 2.51. The molecule has 0 aliphatic heterocycles. The first-order valence-electron chi connectivity index (χ1n) is 4.16. The summed E-state index contributed by atoms with van der Waals surface area (Å²) in [6.07, 6.45) is -2.98. The minimum absolute atomic E-state index is 0.410. The summed E-state index contributed by atoms with van der Waals surface area (Å²) >= 11 is 0. The first-order valence-corrected chi connectivity index (χ1v) is 4.16. The molecule has 76 valence electrons.